The average molecular weight is 520 g/mol. The van der Waals surface area contributed by atoms with Gasteiger partial charge in [-0.05, 0) is 37.1 Å². The van der Waals surface area contributed by atoms with Crippen molar-refractivity contribution in [1.82, 2.24) is 24.3 Å². The molecule has 1 aliphatic heterocycles. The molecule has 4 heterocycles. The van der Waals surface area contributed by atoms with E-state index < -0.39 is 18.3 Å². The average Bonchev–Trinajstić information content (AvgIpc) is 3.34. The molecule has 0 spiro atoms. The van der Waals surface area contributed by atoms with Crippen LogP contribution in [0.15, 0.2) is 61.1 Å². The highest BCUT2D eigenvalue weighted by Crippen LogP contribution is 2.35. The lowest BCUT2D eigenvalue weighted by Gasteiger charge is -2.34. The minimum absolute atomic E-state index is 0.141. The number of carbonyl (C=O) groups is 2. The highest BCUT2D eigenvalue weighted by atomic mass is 19.3. The summed E-state index contributed by atoms with van der Waals surface area (Å²) >= 11 is 0. The van der Waals surface area contributed by atoms with Crippen LogP contribution >= 0.6 is 0 Å². The highest BCUT2D eigenvalue weighted by molar-refractivity contribution is 6.04. The lowest BCUT2D eigenvalue weighted by Crippen LogP contribution is -2.47. The van der Waals surface area contributed by atoms with E-state index in [1.54, 1.807) is 61.1 Å². The molecule has 38 heavy (non-hydrogen) atoms. The molecule has 2 amide bonds. The molecule has 1 saturated heterocycles. The first-order valence-electron chi connectivity index (χ1n) is 12.4. The number of halogens is 2. The van der Waals surface area contributed by atoms with Gasteiger partial charge in [-0.1, -0.05) is 25.1 Å². The Balaban J connectivity index is 1.45. The Hall–Kier alpha value is -4.41. The second-order valence-electron chi connectivity index (χ2n) is 9.24. The number of hydrogen-bond acceptors (Lipinski definition) is 6. The summed E-state index contributed by atoms with van der Waals surface area (Å²) in [5.41, 5.74) is 8.53. The van der Waals surface area contributed by atoms with Gasteiger partial charge < -0.3 is 16.0 Å². The molecule has 1 atom stereocenters. The number of imidazole rings is 1. The topological polar surface area (TPSA) is 119 Å². The van der Waals surface area contributed by atoms with Crippen molar-refractivity contribution in [3.8, 4) is 11.3 Å². The molecule has 196 valence electrons. The summed E-state index contributed by atoms with van der Waals surface area (Å²) in [6.07, 6.45) is 5.61. The number of benzene rings is 1. The van der Waals surface area contributed by atoms with E-state index in [4.69, 9.17) is 10.7 Å². The van der Waals surface area contributed by atoms with Crippen LogP contribution in [-0.2, 0) is 4.79 Å². The lowest BCUT2D eigenvalue weighted by atomic mass is 9.96. The van der Waals surface area contributed by atoms with Crippen molar-refractivity contribution in [1.29, 1.82) is 0 Å². The van der Waals surface area contributed by atoms with Crippen molar-refractivity contribution < 1.29 is 18.4 Å². The normalized spacial score (nSPS) is 16.0. The molecule has 0 saturated carbocycles. The fourth-order valence-electron chi connectivity index (χ4n) is 4.74. The van der Waals surface area contributed by atoms with E-state index in [0.29, 0.717) is 46.8 Å². The minimum Gasteiger partial charge on any atom is -0.382 e. The van der Waals surface area contributed by atoms with E-state index in [1.807, 2.05) is 4.40 Å². The summed E-state index contributed by atoms with van der Waals surface area (Å²) in [6.45, 7) is 1.73. The SMILES string of the molecule is CCC(F)(F)C(=O)N1CCC[C@@H](c2nc(-c3ccc(C(=O)Nc4ccccn4)cc3)c3c(N)nccn23)C1. The van der Waals surface area contributed by atoms with Gasteiger partial charge in [0, 0.05) is 55.1 Å². The predicted octanol–water partition coefficient (Wildman–Crippen LogP) is 4.38. The van der Waals surface area contributed by atoms with Crippen LogP contribution in [0.1, 0.15) is 48.3 Å². The number of anilines is 2. The van der Waals surface area contributed by atoms with Crippen molar-refractivity contribution >= 4 is 29.0 Å². The predicted molar refractivity (Wildman–Crippen MR) is 139 cm³/mol. The van der Waals surface area contributed by atoms with Crippen molar-refractivity contribution in [2.75, 3.05) is 24.1 Å². The van der Waals surface area contributed by atoms with Gasteiger partial charge in [0.15, 0.2) is 0 Å². The van der Waals surface area contributed by atoms with E-state index in [2.05, 4.69) is 15.3 Å². The second kappa shape index (κ2) is 10.2. The Morgan fingerprint density at radius 2 is 1.92 bits per heavy atom. The van der Waals surface area contributed by atoms with Crippen molar-refractivity contribution in [2.45, 2.75) is 38.0 Å². The minimum atomic E-state index is -3.39. The maximum atomic E-state index is 14.1. The number of amides is 2. The van der Waals surface area contributed by atoms with Crippen LogP contribution in [0.2, 0.25) is 0 Å². The van der Waals surface area contributed by atoms with Gasteiger partial charge in [0.2, 0.25) is 0 Å². The van der Waals surface area contributed by atoms with Gasteiger partial charge in [0.25, 0.3) is 11.8 Å². The molecule has 1 fully saturated rings. The number of carbonyl (C=O) groups excluding carboxylic acids is 2. The number of nitrogens with zero attached hydrogens (tertiary/aromatic N) is 5. The monoisotopic (exact) mass is 519 g/mol. The molecular weight excluding hydrogens is 492 g/mol. The van der Waals surface area contributed by atoms with Crippen LogP contribution in [0.25, 0.3) is 16.8 Å². The Kier molecular flexibility index (Phi) is 6.75. The van der Waals surface area contributed by atoms with Crippen molar-refractivity contribution in [3.05, 3.63) is 72.4 Å². The van der Waals surface area contributed by atoms with Crippen LogP contribution in [0.3, 0.4) is 0 Å². The number of likely N-dealkylation sites (tertiary alicyclic amines) is 1. The van der Waals surface area contributed by atoms with Gasteiger partial charge in [-0.25, -0.2) is 15.0 Å². The van der Waals surface area contributed by atoms with Crippen LogP contribution in [0, 0.1) is 0 Å². The maximum Gasteiger partial charge on any atom is 0.324 e. The van der Waals surface area contributed by atoms with Gasteiger partial charge >= 0.3 is 5.92 Å². The van der Waals surface area contributed by atoms with Gasteiger partial charge in [-0.15, -0.1) is 0 Å². The highest BCUT2D eigenvalue weighted by Gasteiger charge is 2.42. The Bertz CT molecular complexity index is 1470. The zero-order chi connectivity index (χ0) is 26.9. The molecule has 1 aliphatic rings. The van der Waals surface area contributed by atoms with Crippen molar-refractivity contribution in [3.63, 3.8) is 0 Å². The number of pyridine rings is 1. The summed E-state index contributed by atoms with van der Waals surface area (Å²) in [5, 5.41) is 2.75. The molecule has 0 radical (unpaired) electrons. The fraction of sp³-hybridized carbons (Fsp3) is 0.296. The largest absolute Gasteiger partial charge is 0.382 e. The molecule has 11 heteroatoms. The third-order valence-electron chi connectivity index (χ3n) is 6.77. The van der Waals surface area contributed by atoms with E-state index in [1.165, 1.54) is 11.8 Å². The Morgan fingerprint density at radius 1 is 1.13 bits per heavy atom. The molecule has 0 unspecified atom stereocenters. The molecule has 4 aromatic rings. The van der Waals surface area contributed by atoms with Gasteiger partial charge in [-0.2, -0.15) is 8.78 Å². The third-order valence-corrected chi connectivity index (χ3v) is 6.77. The number of fused-ring (bicyclic) bond motifs is 1. The first-order chi connectivity index (χ1) is 18.3. The number of aromatic nitrogens is 4. The molecule has 3 aromatic heterocycles. The summed E-state index contributed by atoms with van der Waals surface area (Å²) in [7, 11) is 0. The van der Waals surface area contributed by atoms with Gasteiger partial charge in [0.1, 0.15) is 28.7 Å². The lowest BCUT2D eigenvalue weighted by molar-refractivity contribution is -0.159. The standard InChI is InChI=1S/C27H27F2N7O2/c1-2-27(28,29)26(38)35-14-5-6-19(16-35)24-34-21(22-23(30)32-13-15-36(22)24)17-8-10-18(11-9-17)25(37)33-20-7-3-4-12-31-20/h3-4,7-13,15,19H,2,5-6,14,16H2,1H3,(H2,30,32)(H,31,33,37)/t19-/m1/s1. The molecule has 3 N–H and O–H groups in total. The number of hydrogen-bond donors (Lipinski definition) is 2. The number of piperidine rings is 1. The van der Waals surface area contributed by atoms with Crippen LogP contribution in [-0.4, -0.2) is 55.1 Å². The summed E-state index contributed by atoms with van der Waals surface area (Å²) in [6, 6.07) is 12.1. The molecule has 0 bridgehead atoms. The third kappa shape index (κ3) is 4.79. The molecule has 5 rings (SSSR count). The zero-order valence-corrected chi connectivity index (χ0v) is 20.8. The number of nitrogens with one attached hydrogen (secondary N) is 1. The second-order valence-corrected chi connectivity index (χ2v) is 9.24. The van der Waals surface area contributed by atoms with Crippen LogP contribution in [0.4, 0.5) is 20.4 Å². The molecular formula is C27H27F2N7O2. The van der Waals surface area contributed by atoms with E-state index >= 15 is 0 Å². The summed E-state index contributed by atoms with van der Waals surface area (Å²) in [4.78, 5) is 39.5. The molecule has 1 aromatic carbocycles. The van der Waals surface area contributed by atoms with E-state index in [-0.39, 0.29) is 30.7 Å². The first kappa shape index (κ1) is 25.2. The summed E-state index contributed by atoms with van der Waals surface area (Å²) in [5.74, 6) is -3.76. The fourth-order valence-corrected chi connectivity index (χ4v) is 4.74. The number of nitrogen functional groups attached to an aromatic ring is 1. The van der Waals surface area contributed by atoms with Gasteiger partial charge in [0.05, 0.1) is 0 Å². The van der Waals surface area contributed by atoms with Crippen molar-refractivity contribution in [2.24, 2.45) is 0 Å². The first-order valence-corrected chi connectivity index (χ1v) is 12.4. The van der Waals surface area contributed by atoms with E-state index in [9.17, 15) is 18.4 Å². The zero-order valence-electron chi connectivity index (χ0n) is 20.8. The smallest absolute Gasteiger partial charge is 0.324 e. The summed E-state index contributed by atoms with van der Waals surface area (Å²) < 4.78 is 30.1. The van der Waals surface area contributed by atoms with Gasteiger partial charge in [-0.3, -0.25) is 14.0 Å². The number of alkyl halides is 2. The van der Waals surface area contributed by atoms with E-state index in [0.717, 1.165) is 0 Å². The quantitative estimate of drug-likeness (QED) is 0.390. The van der Waals surface area contributed by atoms with Crippen LogP contribution in [0.5, 0.6) is 0 Å². The molecule has 0 aliphatic carbocycles. The maximum absolute atomic E-state index is 14.1. The Labute approximate surface area is 217 Å². The van der Waals surface area contributed by atoms with Crippen LogP contribution < -0.4 is 11.1 Å². The number of nitrogens with two attached hydrogens (primary N) is 1. The number of rotatable bonds is 6. The Morgan fingerprint density at radius 3 is 2.63 bits per heavy atom. The molecule has 9 nitrogen and oxygen atoms in total.